The third-order valence-electron chi connectivity index (χ3n) is 4.13. The fourth-order valence-electron chi connectivity index (χ4n) is 2.91. The average molecular weight is 433 g/mol. The van der Waals surface area contributed by atoms with Crippen molar-refractivity contribution in [2.45, 2.75) is 42.0 Å². The Balaban J connectivity index is 1.54. The van der Waals surface area contributed by atoms with E-state index in [9.17, 15) is 17.6 Å². The SMILES string of the molecule is O=C(Nc1ccc(F)cc1)O[C@H]1CCC[C@@H](NS(=O)(=O)c2ccc(Cl)s2)C1. The Labute approximate surface area is 165 Å². The van der Waals surface area contributed by atoms with Gasteiger partial charge in [0.25, 0.3) is 0 Å². The highest BCUT2D eigenvalue weighted by atomic mass is 35.5. The first-order valence-electron chi connectivity index (χ1n) is 8.33. The molecule has 1 heterocycles. The summed E-state index contributed by atoms with van der Waals surface area (Å²) in [5.41, 5.74) is 0.420. The van der Waals surface area contributed by atoms with Gasteiger partial charge >= 0.3 is 6.09 Å². The fraction of sp³-hybridized carbons (Fsp3) is 0.353. The summed E-state index contributed by atoms with van der Waals surface area (Å²) in [5, 5.41) is 2.53. The minimum Gasteiger partial charge on any atom is -0.446 e. The quantitative estimate of drug-likeness (QED) is 0.734. The molecule has 3 rings (SSSR count). The molecule has 146 valence electrons. The molecule has 0 spiro atoms. The Morgan fingerprint density at radius 3 is 2.59 bits per heavy atom. The lowest BCUT2D eigenvalue weighted by Gasteiger charge is -2.29. The molecule has 10 heteroatoms. The Morgan fingerprint density at radius 1 is 1.19 bits per heavy atom. The molecule has 0 radical (unpaired) electrons. The topological polar surface area (TPSA) is 84.5 Å². The lowest BCUT2D eigenvalue weighted by atomic mass is 9.94. The fourth-order valence-corrected chi connectivity index (χ4v) is 5.69. The van der Waals surface area contributed by atoms with Crippen LogP contribution in [0.5, 0.6) is 0 Å². The van der Waals surface area contributed by atoms with Crippen molar-refractivity contribution < 1.29 is 22.3 Å². The number of benzene rings is 1. The summed E-state index contributed by atoms with van der Waals surface area (Å²) in [6.07, 6.45) is 1.37. The van der Waals surface area contributed by atoms with Crippen molar-refractivity contribution in [2.75, 3.05) is 5.32 Å². The number of anilines is 1. The molecule has 1 aliphatic rings. The number of carbonyl (C=O) groups is 1. The summed E-state index contributed by atoms with van der Waals surface area (Å²) < 4.78 is 46.3. The van der Waals surface area contributed by atoms with Gasteiger partial charge in [-0.05, 0) is 55.7 Å². The van der Waals surface area contributed by atoms with E-state index in [1.807, 2.05) is 0 Å². The number of amides is 1. The maximum Gasteiger partial charge on any atom is 0.411 e. The molecule has 0 saturated heterocycles. The van der Waals surface area contributed by atoms with Crippen molar-refractivity contribution in [1.29, 1.82) is 0 Å². The van der Waals surface area contributed by atoms with Crippen LogP contribution in [-0.4, -0.2) is 26.7 Å². The Hall–Kier alpha value is -1.68. The van der Waals surface area contributed by atoms with Crippen molar-refractivity contribution in [1.82, 2.24) is 4.72 Å². The van der Waals surface area contributed by atoms with E-state index in [1.54, 1.807) is 0 Å². The van der Waals surface area contributed by atoms with Gasteiger partial charge in [-0.1, -0.05) is 11.6 Å². The normalized spacial score (nSPS) is 20.2. The Kier molecular flexibility index (Phi) is 6.36. The van der Waals surface area contributed by atoms with Gasteiger partial charge in [-0.3, -0.25) is 5.32 Å². The Morgan fingerprint density at radius 2 is 1.93 bits per heavy atom. The molecule has 6 nitrogen and oxygen atoms in total. The molecule has 0 bridgehead atoms. The largest absolute Gasteiger partial charge is 0.446 e. The van der Waals surface area contributed by atoms with Crippen LogP contribution in [-0.2, 0) is 14.8 Å². The molecule has 1 aliphatic carbocycles. The molecule has 0 aliphatic heterocycles. The second-order valence-corrected chi connectivity index (χ2v) is 9.86. The molecular weight excluding hydrogens is 415 g/mol. The molecule has 1 amide bonds. The standard InChI is InChI=1S/C17H18ClFN2O4S2/c18-15-8-9-16(26-15)27(23,24)21-13-2-1-3-14(10-13)25-17(22)20-12-6-4-11(19)5-7-12/h4-9,13-14,21H,1-3,10H2,(H,20,22)/t13-,14+/m1/s1. The van der Waals surface area contributed by atoms with E-state index >= 15 is 0 Å². The van der Waals surface area contributed by atoms with Crippen molar-refractivity contribution in [3.8, 4) is 0 Å². The van der Waals surface area contributed by atoms with Crippen LogP contribution in [0.2, 0.25) is 4.34 Å². The number of nitrogens with one attached hydrogen (secondary N) is 2. The van der Waals surface area contributed by atoms with E-state index in [1.165, 1.54) is 36.4 Å². The predicted molar refractivity (Wildman–Crippen MR) is 102 cm³/mol. The molecule has 2 atom stereocenters. The lowest BCUT2D eigenvalue weighted by molar-refractivity contribution is 0.0793. The van der Waals surface area contributed by atoms with Gasteiger partial charge in [0.1, 0.15) is 16.1 Å². The van der Waals surface area contributed by atoms with Gasteiger partial charge in [-0.2, -0.15) is 0 Å². The molecule has 1 saturated carbocycles. The first-order valence-corrected chi connectivity index (χ1v) is 11.0. The van der Waals surface area contributed by atoms with E-state index in [2.05, 4.69) is 10.0 Å². The summed E-state index contributed by atoms with van der Waals surface area (Å²) in [4.78, 5) is 12.0. The van der Waals surface area contributed by atoms with E-state index in [0.29, 0.717) is 29.3 Å². The summed E-state index contributed by atoms with van der Waals surface area (Å²) in [6.45, 7) is 0. The maximum absolute atomic E-state index is 12.9. The number of sulfonamides is 1. The number of carbonyl (C=O) groups excluding carboxylic acids is 1. The lowest BCUT2D eigenvalue weighted by Crippen LogP contribution is -2.41. The van der Waals surface area contributed by atoms with Crippen LogP contribution in [0.3, 0.4) is 0 Å². The van der Waals surface area contributed by atoms with Gasteiger partial charge in [-0.25, -0.2) is 22.3 Å². The smallest absolute Gasteiger partial charge is 0.411 e. The third kappa shape index (κ3) is 5.65. The monoisotopic (exact) mass is 432 g/mol. The van der Waals surface area contributed by atoms with E-state index in [4.69, 9.17) is 16.3 Å². The number of hydrogen-bond donors (Lipinski definition) is 2. The minimum atomic E-state index is -3.65. The summed E-state index contributed by atoms with van der Waals surface area (Å²) in [6, 6.07) is 8.00. The summed E-state index contributed by atoms with van der Waals surface area (Å²) >= 11 is 6.80. The van der Waals surface area contributed by atoms with E-state index < -0.39 is 28.0 Å². The van der Waals surface area contributed by atoms with Gasteiger partial charge in [-0.15, -0.1) is 11.3 Å². The van der Waals surface area contributed by atoms with E-state index in [-0.39, 0.29) is 10.3 Å². The minimum absolute atomic E-state index is 0.157. The third-order valence-corrected chi connectivity index (χ3v) is 7.37. The van der Waals surface area contributed by atoms with Crippen LogP contribution >= 0.6 is 22.9 Å². The second-order valence-electron chi connectivity index (χ2n) is 6.20. The van der Waals surface area contributed by atoms with Gasteiger partial charge in [0.05, 0.1) is 4.34 Å². The zero-order valence-corrected chi connectivity index (χ0v) is 16.5. The van der Waals surface area contributed by atoms with Crippen molar-refractivity contribution in [3.05, 3.63) is 46.6 Å². The summed E-state index contributed by atoms with van der Waals surface area (Å²) in [7, 11) is -3.65. The predicted octanol–water partition coefficient (Wildman–Crippen LogP) is 4.38. The number of ether oxygens (including phenoxy) is 1. The van der Waals surface area contributed by atoms with E-state index in [0.717, 1.165) is 17.8 Å². The van der Waals surface area contributed by atoms with Crippen molar-refractivity contribution >= 4 is 44.7 Å². The molecular formula is C17H18ClFN2O4S2. The number of hydrogen-bond acceptors (Lipinski definition) is 5. The first kappa shape index (κ1) is 20.1. The van der Waals surface area contributed by atoms with Gasteiger partial charge < -0.3 is 4.74 Å². The maximum atomic E-state index is 12.9. The van der Waals surface area contributed by atoms with Gasteiger partial charge in [0, 0.05) is 18.2 Å². The Bertz CT molecular complexity index is 902. The molecule has 1 aromatic carbocycles. The summed E-state index contributed by atoms with van der Waals surface area (Å²) in [5.74, 6) is -0.400. The molecule has 0 unspecified atom stereocenters. The highest BCUT2D eigenvalue weighted by molar-refractivity contribution is 7.91. The van der Waals surface area contributed by atoms with Crippen molar-refractivity contribution in [3.63, 3.8) is 0 Å². The van der Waals surface area contributed by atoms with Crippen molar-refractivity contribution in [2.24, 2.45) is 0 Å². The molecule has 2 N–H and O–H groups in total. The number of thiophene rings is 1. The van der Waals surface area contributed by atoms with Crippen LogP contribution in [0, 0.1) is 5.82 Å². The highest BCUT2D eigenvalue weighted by Gasteiger charge is 2.29. The van der Waals surface area contributed by atoms with Crippen LogP contribution in [0.4, 0.5) is 14.9 Å². The molecule has 27 heavy (non-hydrogen) atoms. The van der Waals surface area contributed by atoms with Gasteiger partial charge in [0.2, 0.25) is 10.0 Å². The molecule has 1 aromatic heterocycles. The zero-order valence-electron chi connectivity index (χ0n) is 14.2. The second kappa shape index (κ2) is 8.55. The molecule has 1 fully saturated rings. The number of halogens is 2. The van der Waals surface area contributed by atoms with Crippen LogP contribution < -0.4 is 10.0 Å². The van der Waals surface area contributed by atoms with Crippen LogP contribution in [0.25, 0.3) is 0 Å². The molecule has 2 aromatic rings. The highest BCUT2D eigenvalue weighted by Crippen LogP contribution is 2.28. The number of rotatable bonds is 5. The van der Waals surface area contributed by atoms with Crippen LogP contribution in [0.15, 0.2) is 40.6 Å². The first-order chi connectivity index (χ1) is 12.8. The average Bonchev–Trinajstić information content (AvgIpc) is 3.04. The van der Waals surface area contributed by atoms with Crippen LogP contribution in [0.1, 0.15) is 25.7 Å². The van der Waals surface area contributed by atoms with Gasteiger partial charge in [0.15, 0.2) is 0 Å². The zero-order chi connectivity index (χ0) is 19.4.